The van der Waals surface area contributed by atoms with Gasteiger partial charge in [0.2, 0.25) is 0 Å². The van der Waals surface area contributed by atoms with E-state index in [0.717, 1.165) is 16.0 Å². The van der Waals surface area contributed by atoms with E-state index in [-0.39, 0.29) is 11.3 Å². The zero-order valence-corrected chi connectivity index (χ0v) is 21.9. The monoisotopic (exact) mass is 568 g/mol. The van der Waals surface area contributed by atoms with E-state index >= 15 is 0 Å². The molecular weight excluding hydrogens is 548 g/mol. The van der Waals surface area contributed by atoms with Crippen molar-refractivity contribution < 1.29 is 23.9 Å². The largest absolute Gasteiger partial charge is 0.490 e. The van der Waals surface area contributed by atoms with Crippen LogP contribution in [0.5, 0.6) is 11.5 Å². The molecule has 0 unspecified atom stereocenters. The summed E-state index contributed by atoms with van der Waals surface area (Å²) in [5.41, 5.74) is 2.75. The van der Waals surface area contributed by atoms with Gasteiger partial charge in [-0.15, -0.1) is 0 Å². The Bertz CT molecular complexity index is 1350. The van der Waals surface area contributed by atoms with E-state index in [1.165, 1.54) is 18.2 Å². The van der Waals surface area contributed by atoms with Crippen molar-refractivity contribution in [3.8, 4) is 11.5 Å². The van der Waals surface area contributed by atoms with Gasteiger partial charge in [-0.05, 0) is 83.4 Å². The summed E-state index contributed by atoms with van der Waals surface area (Å²) < 4.78 is 12.4. The minimum Gasteiger partial charge on any atom is -0.490 e. The quantitative estimate of drug-likeness (QED) is 0.276. The topological polar surface area (TPSA) is 84.9 Å². The number of anilines is 1. The van der Waals surface area contributed by atoms with Gasteiger partial charge in [0.1, 0.15) is 12.2 Å². The highest BCUT2D eigenvalue weighted by Crippen LogP contribution is 2.38. The molecule has 0 aromatic heterocycles. The van der Waals surface area contributed by atoms with Crippen molar-refractivity contribution in [2.45, 2.75) is 20.5 Å². The first-order valence-electron chi connectivity index (χ1n) is 11.1. The Morgan fingerprint density at radius 2 is 1.69 bits per heavy atom. The van der Waals surface area contributed by atoms with E-state index in [4.69, 9.17) is 21.1 Å². The van der Waals surface area contributed by atoms with Gasteiger partial charge in [-0.3, -0.25) is 14.9 Å². The first kappa shape index (κ1) is 25.5. The summed E-state index contributed by atoms with van der Waals surface area (Å²) in [7, 11) is 0. The lowest BCUT2D eigenvalue weighted by molar-refractivity contribution is -0.122. The molecule has 3 aromatic rings. The molecule has 0 aliphatic carbocycles. The maximum atomic E-state index is 13.2. The average molecular weight is 570 g/mol. The molecule has 0 bridgehead atoms. The van der Waals surface area contributed by atoms with Crippen molar-refractivity contribution in [3.05, 3.63) is 92.4 Å². The molecule has 4 rings (SSSR count). The van der Waals surface area contributed by atoms with E-state index in [1.54, 1.807) is 24.3 Å². The molecule has 3 aromatic carbocycles. The fourth-order valence-corrected chi connectivity index (χ4v) is 4.26. The number of amides is 4. The second-order valence-electron chi connectivity index (χ2n) is 7.97. The predicted octanol–water partition coefficient (Wildman–Crippen LogP) is 6.06. The first-order chi connectivity index (χ1) is 17.3. The summed E-state index contributed by atoms with van der Waals surface area (Å²) in [6, 6.07) is 16.7. The normalized spacial score (nSPS) is 14.7. The van der Waals surface area contributed by atoms with Gasteiger partial charge in [0, 0.05) is 5.02 Å². The van der Waals surface area contributed by atoms with Crippen LogP contribution in [0.25, 0.3) is 6.08 Å². The third kappa shape index (κ3) is 5.61. The molecule has 1 fully saturated rings. The third-order valence-corrected chi connectivity index (χ3v) is 6.17. The summed E-state index contributed by atoms with van der Waals surface area (Å²) in [5.74, 6) is -0.596. The number of carbonyl (C=O) groups excluding carboxylic acids is 3. The number of barbiturate groups is 1. The van der Waals surface area contributed by atoms with Crippen LogP contribution in [0.1, 0.15) is 23.6 Å². The zero-order valence-electron chi connectivity index (χ0n) is 19.5. The van der Waals surface area contributed by atoms with E-state index in [0.29, 0.717) is 39.8 Å². The predicted molar refractivity (Wildman–Crippen MR) is 141 cm³/mol. The van der Waals surface area contributed by atoms with Crippen molar-refractivity contribution in [1.29, 1.82) is 0 Å². The molecule has 7 nitrogen and oxygen atoms in total. The number of aryl methyl sites for hydroxylation is 1. The van der Waals surface area contributed by atoms with Gasteiger partial charge in [0.15, 0.2) is 11.5 Å². The third-order valence-electron chi connectivity index (χ3n) is 5.33. The lowest BCUT2D eigenvalue weighted by atomic mass is 10.1. The van der Waals surface area contributed by atoms with Crippen LogP contribution in [0.15, 0.2) is 70.7 Å². The van der Waals surface area contributed by atoms with Crippen molar-refractivity contribution in [2.75, 3.05) is 11.5 Å². The van der Waals surface area contributed by atoms with Gasteiger partial charge in [-0.2, -0.15) is 0 Å². The molecule has 0 radical (unpaired) electrons. The molecule has 1 aliphatic heterocycles. The number of urea groups is 1. The minimum absolute atomic E-state index is 0.202. The van der Waals surface area contributed by atoms with Crippen LogP contribution < -0.4 is 19.7 Å². The highest BCUT2D eigenvalue weighted by atomic mass is 79.9. The smallest absolute Gasteiger partial charge is 0.335 e. The van der Waals surface area contributed by atoms with Crippen molar-refractivity contribution in [2.24, 2.45) is 0 Å². The van der Waals surface area contributed by atoms with Crippen molar-refractivity contribution >= 4 is 57.1 Å². The number of rotatable bonds is 7. The lowest BCUT2D eigenvalue weighted by Gasteiger charge is -2.26. The van der Waals surface area contributed by atoms with Crippen LogP contribution in [0.3, 0.4) is 0 Å². The lowest BCUT2D eigenvalue weighted by Crippen LogP contribution is -2.54. The molecule has 1 saturated heterocycles. The number of benzene rings is 3. The highest BCUT2D eigenvalue weighted by Gasteiger charge is 2.36. The number of hydrogen-bond donors (Lipinski definition) is 1. The SMILES string of the molecule is CCOc1cc(/C=C2\C(=O)NC(=O)N(c3ccc(Cl)cc3)C2=O)cc(Br)c1OCc1ccc(C)cc1. The molecule has 1 N–H and O–H groups in total. The maximum Gasteiger partial charge on any atom is 0.335 e. The number of nitrogens with one attached hydrogen (secondary N) is 1. The molecule has 0 atom stereocenters. The Labute approximate surface area is 221 Å². The number of imide groups is 2. The molecule has 36 heavy (non-hydrogen) atoms. The standard InChI is InChI=1S/C27H22BrClN2O5/c1-3-35-23-14-18(13-22(28)24(23)36-15-17-6-4-16(2)5-7-17)12-21-25(32)30-27(34)31(26(21)33)20-10-8-19(29)9-11-20/h4-14H,3,15H2,1-2H3,(H,30,32,34)/b21-12+. The number of nitrogens with zero attached hydrogens (tertiary/aromatic N) is 1. The Balaban J connectivity index is 1.65. The number of hydrogen-bond acceptors (Lipinski definition) is 5. The second kappa shape index (κ2) is 11.0. The summed E-state index contributed by atoms with van der Waals surface area (Å²) in [5, 5.41) is 2.66. The van der Waals surface area contributed by atoms with Gasteiger partial charge < -0.3 is 9.47 Å². The van der Waals surface area contributed by atoms with E-state index in [1.807, 2.05) is 38.1 Å². The molecule has 4 amide bonds. The maximum absolute atomic E-state index is 13.2. The fourth-order valence-electron chi connectivity index (χ4n) is 3.56. The Morgan fingerprint density at radius 1 is 1.00 bits per heavy atom. The van der Waals surface area contributed by atoms with E-state index in [2.05, 4.69) is 21.2 Å². The van der Waals surface area contributed by atoms with Crippen LogP contribution in [0.2, 0.25) is 5.02 Å². The number of halogens is 2. The molecule has 9 heteroatoms. The zero-order chi connectivity index (χ0) is 25.8. The molecule has 184 valence electrons. The molecule has 1 aliphatic rings. The highest BCUT2D eigenvalue weighted by molar-refractivity contribution is 9.10. The summed E-state index contributed by atoms with van der Waals surface area (Å²) in [6.45, 7) is 4.57. The Kier molecular flexibility index (Phi) is 7.76. The minimum atomic E-state index is -0.833. The Hall–Kier alpha value is -3.62. The van der Waals surface area contributed by atoms with E-state index in [9.17, 15) is 14.4 Å². The molecule has 1 heterocycles. The first-order valence-corrected chi connectivity index (χ1v) is 12.3. The van der Waals surface area contributed by atoms with Crippen LogP contribution in [0.4, 0.5) is 10.5 Å². The molecular formula is C27H22BrClN2O5. The van der Waals surface area contributed by atoms with Crippen LogP contribution in [-0.2, 0) is 16.2 Å². The van der Waals surface area contributed by atoms with E-state index < -0.39 is 17.8 Å². The van der Waals surface area contributed by atoms with Gasteiger partial charge in [-0.25, -0.2) is 9.69 Å². The van der Waals surface area contributed by atoms with Gasteiger partial charge in [-0.1, -0.05) is 41.4 Å². The van der Waals surface area contributed by atoms with Gasteiger partial charge in [0.05, 0.1) is 16.8 Å². The van der Waals surface area contributed by atoms with Gasteiger partial charge in [0.25, 0.3) is 11.8 Å². The van der Waals surface area contributed by atoms with Crippen LogP contribution in [0, 0.1) is 6.92 Å². The summed E-state index contributed by atoms with van der Waals surface area (Å²) in [4.78, 5) is 39.0. The number of ether oxygens (including phenoxy) is 2. The van der Waals surface area contributed by atoms with Crippen LogP contribution >= 0.6 is 27.5 Å². The van der Waals surface area contributed by atoms with Gasteiger partial charge >= 0.3 is 6.03 Å². The number of carbonyl (C=O) groups is 3. The summed E-state index contributed by atoms with van der Waals surface area (Å²) >= 11 is 9.43. The summed E-state index contributed by atoms with van der Waals surface area (Å²) in [6.07, 6.45) is 1.41. The molecule has 0 spiro atoms. The Morgan fingerprint density at radius 3 is 2.36 bits per heavy atom. The second-order valence-corrected chi connectivity index (χ2v) is 9.26. The van der Waals surface area contributed by atoms with Crippen molar-refractivity contribution in [3.63, 3.8) is 0 Å². The molecule has 0 saturated carbocycles. The van der Waals surface area contributed by atoms with Crippen LogP contribution in [-0.4, -0.2) is 24.5 Å². The average Bonchev–Trinajstić information content (AvgIpc) is 2.83. The van der Waals surface area contributed by atoms with Crippen molar-refractivity contribution in [1.82, 2.24) is 5.32 Å². The fraction of sp³-hybridized carbons (Fsp3) is 0.148.